The summed E-state index contributed by atoms with van der Waals surface area (Å²) >= 11 is 1.84. The number of thiophene rings is 1. The number of para-hydroxylation sites is 1. The van der Waals surface area contributed by atoms with Gasteiger partial charge in [0.2, 0.25) is 0 Å². The molecule has 3 heterocycles. The van der Waals surface area contributed by atoms with Gasteiger partial charge in [-0.25, -0.2) is 4.98 Å². The minimum Gasteiger partial charge on any atom is -0.309 e. The lowest BCUT2D eigenvalue weighted by Gasteiger charge is -2.33. The van der Waals surface area contributed by atoms with Crippen LogP contribution in [0.25, 0.3) is 10.9 Å². The first-order valence-corrected chi connectivity index (χ1v) is 8.38. The topological polar surface area (TPSA) is 49.0 Å². The van der Waals surface area contributed by atoms with Gasteiger partial charge in [0.1, 0.15) is 5.82 Å². The number of H-pyrrole nitrogens is 1. The quantitative estimate of drug-likeness (QED) is 0.791. The van der Waals surface area contributed by atoms with Gasteiger partial charge in [-0.15, -0.1) is 11.3 Å². The summed E-state index contributed by atoms with van der Waals surface area (Å²) in [5.74, 6) is 0.745. The molecular weight excluding hydrogens is 294 g/mol. The molecule has 0 saturated heterocycles. The van der Waals surface area contributed by atoms with E-state index in [1.54, 1.807) is 0 Å². The van der Waals surface area contributed by atoms with Crippen molar-refractivity contribution in [3.8, 4) is 0 Å². The molecule has 0 saturated carbocycles. The van der Waals surface area contributed by atoms with Gasteiger partial charge in [-0.05, 0) is 42.5 Å². The zero-order valence-corrected chi connectivity index (χ0v) is 13.2. The molecule has 112 valence electrons. The van der Waals surface area contributed by atoms with Crippen LogP contribution in [-0.2, 0) is 13.0 Å². The Morgan fingerprint density at radius 1 is 1.36 bits per heavy atom. The molecule has 0 amide bonds. The van der Waals surface area contributed by atoms with Gasteiger partial charge in [-0.3, -0.25) is 9.69 Å². The number of aromatic nitrogens is 2. The molecule has 0 radical (unpaired) electrons. The Hall–Kier alpha value is -1.98. The van der Waals surface area contributed by atoms with Crippen molar-refractivity contribution in [2.75, 3.05) is 6.54 Å². The summed E-state index contributed by atoms with van der Waals surface area (Å²) in [6.45, 7) is 3.91. The van der Waals surface area contributed by atoms with E-state index in [1.807, 2.05) is 35.6 Å². The van der Waals surface area contributed by atoms with E-state index in [0.29, 0.717) is 18.0 Å². The molecule has 0 bridgehead atoms. The van der Waals surface area contributed by atoms with Crippen molar-refractivity contribution in [1.82, 2.24) is 14.9 Å². The summed E-state index contributed by atoms with van der Waals surface area (Å²) in [6, 6.07) is 10.1. The van der Waals surface area contributed by atoms with Crippen LogP contribution in [0.5, 0.6) is 0 Å². The van der Waals surface area contributed by atoms with Crippen LogP contribution in [0, 0.1) is 0 Å². The van der Waals surface area contributed by atoms with Gasteiger partial charge in [0.15, 0.2) is 0 Å². The second-order valence-electron chi connectivity index (χ2n) is 5.73. The predicted octanol–water partition coefficient (Wildman–Crippen LogP) is 3.10. The van der Waals surface area contributed by atoms with Crippen molar-refractivity contribution in [3.63, 3.8) is 0 Å². The standard InChI is InChI=1S/C17H17N3OS/c1-11-12-7-9-22-15(12)6-8-20(11)10-16-18-14-5-3-2-4-13(14)17(21)19-16/h2-5,7,9,11H,6,8,10H2,1H3,(H,18,19,21). The first kappa shape index (κ1) is 13.7. The van der Waals surface area contributed by atoms with Gasteiger partial charge in [-0.1, -0.05) is 12.1 Å². The third-order valence-corrected chi connectivity index (χ3v) is 5.42. The maximum absolute atomic E-state index is 12.2. The molecule has 2 aromatic heterocycles. The summed E-state index contributed by atoms with van der Waals surface area (Å²) in [6.07, 6.45) is 1.08. The van der Waals surface area contributed by atoms with Gasteiger partial charge in [-0.2, -0.15) is 0 Å². The van der Waals surface area contributed by atoms with Crippen molar-refractivity contribution in [2.24, 2.45) is 0 Å². The summed E-state index contributed by atoms with van der Waals surface area (Å²) in [5.41, 5.74) is 2.13. The molecule has 1 unspecified atom stereocenters. The van der Waals surface area contributed by atoms with E-state index in [2.05, 4.69) is 33.2 Å². The van der Waals surface area contributed by atoms with Crippen molar-refractivity contribution < 1.29 is 0 Å². The average molecular weight is 311 g/mol. The lowest BCUT2D eigenvalue weighted by molar-refractivity contribution is 0.186. The Morgan fingerprint density at radius 2 is 2.23 bits per heavy atom. The van der Waals surface area contributed by atoms with Gasteiger partial charge < -0.3 is 4.98 Å². The average Bonchev–Trinajstić information content (AvgIpc) is 3.00. The second kappa shape index (κ2) is 5.34. The number of benzene rings is 1. The van der Waals surface area contributed by atoms with Gasteiger partial charge in [0, 0.05) is 17.5 Å². The number of nitrogens with zero attached hydrogens (tertiary/aromatic N) is 2. The summed E-state index contributed by atoms with van der Waals surface area (Å²) in [7, 11) is 0. The largest absolute Gasteiger partial charge is 0.309 e. The lowest BCUT2D eigenvalue weighted by atomic mass is 10.0. The van der Waals surface area contributed by atoms with E-state index in [-0.39, 0.29) is 5.56 Å². The van der Waals surface area contributed by atoms with E-state index in [9.17, 15) is 4.79 Å². The van der Waals surface area contributed by atoms with Crippen LogP contribution in [-0.4, -0.2) is 21.4 Å². The SMILES string of the molecule is CC1c2ccsc2CCN1Cc1nc2ccccc2c(=O)[nH]1. The van der Waals surface area contributed by atoms with Crippen LogP contribution in [0.4, 0.5) is 0 Å². The molecule has 0 fully saturated rings. The minimum atomic E-state index is -0.0542. The molecule has 1 aromatic carbocycles. The van der Waals surface area contributed by atoms with Crippen LogP contribution in [0.15, 0.2) is 40.5 Å². The molecule has 1 aliphatic heterocycles. The predicted molar refractivity (Wildman–Crippen MR) is 89.2 cm³/mol. The number of nitrogens with one attached hydrogen (secondary N) is 1. The highest BCUT2D eigenvalue weighted by atomic mass is 32.1. The highest BCUT2D eigenvalue weighted by Gasteiger charge is 2.25. The Morgan fingerprint density at radius 3 is 3.14 bits per heavy atom. The fraction of sp³-hybridized carbons (Fsp3) is 0.294. The van der Waals surface area contributed by atoms with Crippen molar-refractivity contribution in [2.45, 2.75) is 25.9 Å². The molecular formula is C17H17N3OS. The van der Waals surface area contributed by atoms with E-state index < -0.39 is 0 Å². The molecule has 0 spiro atoms. The molecule has 4 rings (SSSR count). The number of aromatic amines is 1. The van der Waals surface area contributed by atoms with Gasteiger partial charge >= 0.3 is 0 Å². The van der Waals surface area contributed by atoms with Gasteiger partial charge in [0.05, 0.1) is 17.4 Å². The summed E-state index contributed by atoms with van der Waals surface area (Å²) in [4.78, 5) is 23.6. The zero-order chi connectivity index (χ0) is 15.1. The zero-order valence-electron chi connectivity index (χ0n) is 12.4. The molecule has 3 aromatic rings. The maximum atomic E-state index is 12.2. The first-order valence-electron chi connectivity index (χ1n) is 7.50. The lowest BCUT2D eigenvalue weighted by Crippen LogP contribution is -2.33. The van der Waals surface area contributed by atoms with Crippen LogP contribution in [0.1, 0.15) is 29.2 Å². The second-order valence-corrected chi connectivity index (χ2v) is 6.73. The van der Waals surface area contributed by atoms with E-state index >= 15 is 0 Å². The fourth-order valence-electron chi connectivity index (χ4n) is 3.18. The van der Waals surface area contributed by atoms with Crippen LogP contribution < -0.4 is 5.56 Å². The van der Waals surface area contributed by atoms with E-state index in [1.165, 1.54) is 10.4 Å². The minimum absolute atomic E-state index is 0.0542. The first-order chi connectivity index (χ1) is 10.7. The Bertz CT molecular complexity index is 883. The Balaban J connectivity index is 1.66. The number of hydrogen-bond donors (Lipinski definition) is 1. The van der Waals surface area contributed by atoms with E-state index in [0.717, 1.165) is 24.3 Å². The number of fused-ring (bicyclic) bond motifs is 2. The molecule has 1 N–H and O–H groups in total. The summed E-state index contributed by atoms with van der Waals surface area (Å²) in [5, 5.41) is 2.82. The third-order valence-electron chi connectivity index (χ3n) is 4.42. The normalized spacial score (nSPS) is 18.5. The molecule has 22 heavy (non-hydrogen) atoms. The van der Waals surface area contributed by atoms with E-state index in [4.69, 9.17) is 0 Å². The molecule has 1 aliphatic rings. The molecule has 5 heteroatoms. The highest BCUT2D eigenvalue weighted by molar-refractivity contribution is 7.10. The van der Waals surface area contributed by atoms with Crippen molar-refractivity contribution in [3.05, 3.63) is 62.3 Å². The van der Waals surface area contributed by atoms with Crippen molar-refractivity contribution in [1.29, 1.82) is 0 Å². The van der Waals surface area contributed by atoms with Crippen molar-refractivity contribution >= 4 is 22.2 Å². The third kappa shape index (κ3) is 2.26. The van der Waals surface area contributed by atoms with Crippen LogP contribution in [0.2, 0.25) is 0 Å². The maximum Gasteiger partial charge on any atom is 0.258 e. The van der Waals surface area contributed by atoms with Gasteiger partial charge in [0.25, 0.3) is 5.56 Å². The molecule has 4 nitrogen and oxygen atoms in total. The number of hydrogen-bond acceptors (Lipinski definition) is 4. The smallest absolute Gasteiger partial charge is 0.258 e. The Kier molecular flexibility index (Phi) is 3.32. The number of rotatable bonds is 2. The van der Waals surface area contributed by atoms with Crippen LogP contribution >= 0.6 is 11.3 Å². The van der Waals surface area contributed by atoms with Crippen LogP contribution in [0.3, 0.4) is 0 Å². The Labute approximate surface area is 132 Å². The molecule has 1 atom stereocenters. The summed E-state index contributed by atoms with van der Waals surface area (Å²) < 4.78 is 0. The fourth-order valence-corrected chi connectivity index (χ4v) is 4.14. The monoisotopic (exact) mass is 311 g/mol. The highest BCUT2D eigenvalue weighted by Crippen LogP contribution is 2.33. The molecule has 0 aliphatic carbocycles.